The highest BCUT2D eigenvalue weighted by Crippen LogP contribution is 2.10. The summed E-state index contributed by atoms with van der Waals surface area (Å²) in [7, 11) is 0. The van der Waals surface area contributed by atoms with E-state index in [0.717, 1.165) is 12.8 Å². The van der Waals surface area contributed by atoms with Crippen molar-refractivity contribution in [2.45, 2.75) is 38.6 Å². The molecule has 0 spiro atoms. The Bertz CT molecular complexity index is 256. The molecule has 1 fully saturated rings. The maximum Gasteiger partial charge on any atom is 0.245 e. The Balaban J connectivity index is 2.48. The van der Waals surface area contributed by atoms with Crippen molar-refractivity contribution in [3.05, 3.63) is 0 Å². The third-order valence-electron chi connectivity index (χ3n) is 2.76. The van der Waals surface area contributed by atoms with E-state index in [4.69, 9.17) is 5.11 Å². The highest BCUT2D eigenvalue weighted by atomic mass is 16.3. The summed E-state index contributed by atoms with van der Waals surface area (Å²) in [6.07, 6.45) is 2.93. The molecule has 0 aromatic heterocycles. The molecule has 0 bridgehead atoms. The molecule has 1 aliphatic heterocycles. The fraction of sp³-hybridized carbons (Fsp3) is 0.818. The number of aliphatic hydroxyl groups is 1. The van der Waals surface area contributed by atoms with Gasteiger partial charge in [-0.1, -0.05) is 13.3 Å². The fourth-order valence-corrected chi connectivity index (χ4v) is 1.82. The predicted octanol–water partition coefficient (Wildman–Crippen LogP) is -0.114. The predicted molar refractivity (Wildman–Crippen MR) is 59.7 cm³/mol. The minimum atomic E-state index is -0.379. The van der Waals surface area contributed by atoms with Crippen LogP contribution >= 0.6 is 0 Å². The minimum absolute atomic E-state index is 0.0316. The van der Waals surface area contributed by atoms with Crippen LogP contribution in [0.3, 0.4) is 0 Å². The zero-order valence-electron chi connectivity index (χ0n) is 9.74. The topological polar surface area (TPSA) is 69.6 Å². The fourth-order valence-electron chi connectivity index (χ4n) is 1.82. The van der Waals surface area contributed by atoms with Crippen LogP contribution in [0, 0.1) is 0 Å². The Kier molecular flexibility index (Phi) is 5.25. The van der Waals surface area contributed by atoms with Crippen LogP contribution in [0.5, 0.6) is 0 Å². The molecule has 1 rings (SSSR count). The normalized spacial score (nSPS) is 19.6. The molecule has 1 saturated heterocycles. The summed E-state index contributed by atoms with van der Waals surface area (Å²) in [4.78, 5) is 24.6. The van der Waals surface area contributed by atoms with Crippen LogP contribution in [0.25, 0.3) is 0 Å². The van der Waals surface area contributed by atoms with Crippen LogP contribution < -0.4 is 5.32 Å². The number of aliphatic hydroxyl groups excluding tert-OH is 1. The highest BCUT2D eigenvalue weighted by Gasteiger charge is 2.30. The molecule has 1 atom stereocenters. The van der Waals surface area contributed by atoms with E-state index in [2.05, 4.69) is 12.2 Å². The largest absolute Gasteiger partial charge is 0.395 e. The van der Waals surface area contributed by atoms with Gasteiger partial charge in [-0.15, -0.1) is 0 Å². The van der Waals surface area contributed by atoms with Gasteiger partial charge in [-0.25, -0.2) is 0 Å². The van der Waals surface area contributed by atoms with E-state index >= 15 is 0 Å². The maximum absolute atomic E-state index is 12.0. The van der Waals surface area contributed by atoms with Crippen LogP contribution in [0.2, 0.25) is 0 Å². The molecule has 5 heteroatoms. The first-order valence-corrected chi connectivity index (χ1v) is 5.88. The molecule has 5 nitrogen and oxygen atoms in total. The van der Waals surface area contributed by atoms with Gasteiger partial charge in [-0.3, -0.25) is 9.59 Å². The molecule has 0 aliphatic carbocycles. The zero-order chi connectivity index (χ0) is 12.0. The molecular formula is C11H20N2O3. The zero-order valence-corrected chi connectivity index (χ0v) is 9.74. The average Bonchev–Trinajstić information content (AvgIpc) is 2.70. The summed E-state index contributed by atoms with van der Waals surface area (Å²) < 4.78 is 0. The van der Waals surface area contributed by atoms with Gasteiger partial charge in [0.05, 0.1) is 6.61 Å². The van der Waals surface area contributed by atoms with E-state index in [0.29, 0.717) is 25.9 Å². The van der Waals surface area contributed by atoms with E-state index in [1.54, 1.807) is 4.90 Å². The van der Waals surface area contributed by atoms with Crippen molar-refractivity contribution >= 4 is 11.8 Å². The van der Waals surface area contributed by atoms with Crippen LogP contribution in [-0.4, -0.2) is 47.6 Å². The summed E-state index contributed by atoms with van der Waals surface area (Å²) >= 11 is 0. The molecule has 0 saturated carbocycles. The number of hydrogen-bond acceptors (Lipinski definition) is 3. The van der Waals surface area contributed by atoms with E-state index < -0.39 is 0 Å². The summed E-state index contributed by atoms with van der Waals surface area (Å²) in [6.45, 7) is 3.03. The smallest absolute Gasteiger partial charge is 0.245 e. The van der Waals surface area contributed by atoms with Crippen molar-refractivity contribution < 1.29 is 14.7 Å². The molecule has 2 amide bonds. The van der Waals surface area contributed by atoms with Gasteiger partial charge in [0, 0.05) is 19.5 Å². The van der Waals surface area contributed by atoms with Crippen molar-refractivity contribution in [1.29, 1.82) is 0 Å². The van der Waals surface area contributed by atoms with Crippen molar-refractivity contribution in [3.8, 4) is 0 Å². The van der Waals surface area contributed by atoms with Crippen molar-refractivity contribution in [2.24, 2.45) is 0 Å². The van der Waals surface area contributed by atoms with Crippen LogP contribution in [0.1, 0.15) is 32.6 Å². The summed E-state index contributed by atoms with van der Waals surface area (Å²) in [5, 5.41) is 11.6. The summed E-state index contributed by atoms with van der Waals surface area (Å²) in [5.74, 6) is -0.119. The monoisotopic (exact) mass is 228 g/mol. The number of carbonyl (C=O) groups excluding carboxylic acids is 2. The second-order valence-corrected chi connectivity index (χ2v) is 4.06. The van der Waals surface area contributed by atoms with Crippen LogP contribution in [-0.2, 0) is 9.59 Å². The number of amides is 2. The van der Waals surface area contributed by atoms with Gasteiger partial charge in [0.25, 0.3) is 0 Å². The average molecular weight is 228 g/mol. The Hall–Kier alpha value is -1.10. The van der Waals surface area contributed by atoms with Crippen LogP contribution in [0.15, 0.2) is 0 Å². The number of carbonyl (C=O) groups is 2. The van der Waals surface area contributed by atoms with Crippen LogP contribution in [0.4, 0.5) is 0 Å². The van der Waals surface area contributed by atoms with E-state index in [1.165, 1.54) is 0 Å². The third-order valence-corrected chi connectivity index (χ3v) is 2.76. The number of hydrogen-bond donors (Lipinski definition) is 2. The lowest BCUT2D eigenvalue weighted by Gasteiger charge is -2.24. The molecule has 0 aromatic carbocycles. The second kappa shape index (κ2) is 6.48. The number of rotatable bonds is 6. The van der Waals surface area contributed by atoms with Gasteiger partial charge in [-0.2, -0.15) is 0 Å². The molecule has 0 unspecified atom stereocenters. The molecule has 1 aliphatic rings. The van der Waals surface area contributed by atoms with E-state index in [-0.39, 0.29) is 24.5 Å². The summed E-state index contributed by atoms with van der Waals surface area (Å²) in [5.41, 5.74) is 0. The highest BCUT2D eigenvalue weighted by molar-refractivity contribution is 5.90. The van der Waals surface area contributed by atoms with Gasteiger partial charge < -0.3 is 15.3 Å². The first-order chi connectivity index (χ1) is 7.69. The lowest BCUT2D eigenvalue weighted by atomic mass is 10.2. The van der Waals surface area contributed by atoms with E-state index in [1.807, 2.05) is 0 Å². The lowest BCUT2D eigenvalue weighted by Crippen LogP contribution is -2.45. The first-order valence-electron chi connectivity index (χ1n) is 5.88. The maximum atomic E-state index is 12.0. The van der Waals surface area contributed by atoms with Gasteiger partial charge in [0.2, 0.25) is 11.8 Å². The van der Waals surface area contributed by atoms with Gasteiger partial charge in [0.1, 0.15) is 6.04 Å². The molecular weight excluding hydrogens is 208 g/mol. The van der Waals surface area contributed by atoms with Crippen molar-refractivity contribution in [2.75, 3.05) is 19.7 Å². The Morgan fingerprint density at radius 1 is 1.56 bits per heavy atom. The number of nitrogens with one attached hydrogen (secondary N) is 1. The molecule has 0 radical (unpaired) electrons. The first kappa shape index (κ1) is 13.0. The third kappa shape index (κ3) is 3.48. The number of nitrogens with zero attached hydrogens (tertiary/aromatic N) is 1. The molecule has 0 aromatic rings. The van der Waals surface area contributed by atoms with Crippen molar-refractivity contribution in [3.63, 3.8) is 0 Å². The van der Waals surface area contributed by atoms with Gasteiger partial charge in [0.15, 0.2) is 0 Å². The van der Waals surface area contributed by atoms with Gasteiger partial charge in [-0.05, 0) is 12.8 Å². The molecule has 1 heterocycles. The Morgan fingerprint density at radius 2 is 2.31 bits per heavy atom. The molecule has 92 valence electrons. The second-order valence-electron chi connectivity index (χ2n) is 4.06. The van der Waals surface area contributed by atoms with Gasteiger partial charge >= 0.3 is 0 Å². The summed E-state index contributed by atoms with van der Waals surface area (Å²) in [6, 6.07) is -0.379. The quantitative estimate of drug-likeness (QED) is 0.666. The lowest BCUT2D eigenvalue weighted by molar-refractivity contribution is -0.134. The van der Waals surface area contributed by atoms with E-state index in [9.17, 15) is 9.59 Å². The Morgan fingerprint density at radius 3 is 2.81 bits per heavy atom. The standard InChI is InChI=1S/C11H20N2O3/c1-2-3-6-13(7-8-14)11(16)9-4-5-10(15)12-9/h9,14H,2-8H2,1H3,(H,12,15)/t9-/m0/s1. The molecule has 16 heavy (non-hydrogen) atoms. The number of unbranched alkanes of at least 4 members (excludes halogenated alkanes) is 1. The Labute approximate surface area is 95.8 Å². The van der Waals surface area contributed by atoms with Crippen molar-refractivity contribution in [1.82, 2.24) is 10.2 Å². The minimum Gasteiger partial charge on any atom is -0.395 e. The molecule has 2 N–H and O–H groups in total. The SMILES string of the molecule is CCCCN(CCO)C(=O)[C@@H]1CCC(=O)N1.